The minimum absolute atomic E-state index is 0. The molecular weight excluding hydrogens is 449 g/mol. The average Bonchev–Trinajstić information content (AvgIpc) is 3.41. The summed E-state index contributed by atoms with van der Waals surface area (Å²) in [6, 6.07) is 11.8. The number of benzene rings is 2. The van der Waals surface area contributed by atoms with Gasteiger partial charge in [0.25, 0.3) is 0 Å². The Labute approximate surface area is 197 Å². The molecule has 2 atom stereocenters. The van der Waals surface area contributed by atoms with Gasteiger partial charge in [-0.25, -0.2) is 14.2 Å². The molecule has 4 rings (SSSR count). The first kappa shape index (κ1) is 24.2. The Balaban J connectivity index is 0.00000306. The van der Waals surface area contributed by atoms with E-state index in [1.54, 1.807) is 24.7 Å². The lowest BCUT2D eigenvalue weighted by molar-refractivity contribution is -0.119. The maximum Gasteiger partial charge on any atom is 0.414 e. The molecule has 2 unspecified atom stereocenters. The molecule has 8 nitrogen and oxygen atoms in total. The number of hydrogen-bond donors (Lipinski definition) is 2. The molecule has 0 bridgehead atoms. The minimum atomic E-state index is -0.566. The van der Waals surface area contributed by atoms with E-state index in [-0.39, 0.29) is 37.4 Å². The van der Waals surface area contributed by atoms with Gasteiger partial charge in [-0.15, -0.1) is 12.4 Å². The largest absolute Gasteiger partial charge is 0.442 e. The van der Waals surface area contributed by atoms with E-state index >= 15 is 0 Å². The molecule has 3 N–H and O–H groups in total. The highest BCUT2D eigenvalue weighted by molar-refractivity contribution is 5.90. The van der Waals surface area contributed by atoms with Gasteiger partial charge in [0.1, 0.15) is 11.9 Å². The van der Waals surface area contributed by atoms with Crippen LogP contribution in [0, 0.1) is 5.82 Å². The van der Waals surface area contributed by atoms with Gasteiger partial charge >= 0.3 is 6.09 Å². The fraction of sp³-hybridized carbons (Fsp3) is 0.261. The van der Waals surface area contributed by atoms with Crippen molar-refractivity contribution in [3.05, 3.63) is 72.6 Å². The van der Waals surface area contributed by atoms with Crippen LogP contribution in [-0.4, -0.2) is 40.7 Å². The van der Waals surface area contributed by atoms with E-state index in [0.717, 1.165) is 5.56 Å². The lowest BCUT2D eigenvalue weighted by atomic mass is 10.00. The van der Waals surface area contributed by atoms with Crippen LogP contribution < -0.4 is 16.0 Å². The van der Waals surface area contributed by atoms with Crippen LogP contribution in [0.4, 0.5) is 14.9 Å². The van der Waals surface area contributed by atoms with E-state index < -0.39 is 18.0 Å². The summed E-state index contributed by atoms with van der Waals surface area (Å²) in [5.74, 6) is -0.653. The fourth-order valence-electron chi connectivity index (χ4n) is 3.64. The zero-order valence-corrected chi connectivity index (χ0v) is 18.8. The number of carbonyl (C=O) groups is 2. The summed E-state index contributed by atoms with van der Waals surface area (Å²) in [6.45, 7) is 2.44. The van der Waals surface area contributed by atoms with Crippen molar-refractivity contribution in [1.29, 1.82) is 0 Å². The highest BCUT2D eigenvalue weighted by atomic mass is 35.5. The normalized spacial score (nSPS) is 16.2. The van der Waals surface area contributed by atoms with Gasteiger partial charge < -0.3 is 20.4 Å². The van der Waals surface area contributed by atoms with Crippen LogP contribution in [0.2, 0.25) is 0 Å². The summed E-state index contributed by atoms with van der Waals surface area (Å²) in [4.78, 5) is 28.6. The second kappa shape index (κ2) is 10.5. The second-order valence-electron chi connectivity index (χ2n) is 7.71. The van der Waals surface area contributed by atoms with Crippen molar-refractivity contribution in [3.63, 3.8) is 0 Å². The van der Waals surface area contributed by atoms with Crippen LogP contribution in [0.25, 0.3) is 11.1 Å². The summed E-state index contributed by atoms with van der Waals surface area (Å²) in [5, 5.41) is 2.62. The number of imidazole rings is 1. The molecule has 1 aliphatic rings. The molecule has 1 aliphatic heterocycles. The van der Waals surface area contributed by atoms with Crippen molar-refractivity contribution < 1.29 is 18.7 Å². The molecule has 1 fully saturated rings. The fourth-order valence-corrected chi connectivity index (χ4v) is 3.64. The molecule has 174 valence electrons. The molecule has 0 aliphatic carbocycles. The monoisotopic (exact) mass is 473 g/mol. The SMILES string of the molecule is CC(=O)NCC1CN(c2ccc(-c3ccc(C(N)Cn4ccnc4)cc3)c(F)c2)C(=O)O1.Cl. The number of halogens is 2. The maximum absolute atomic E-state index is 14.9. The summed E-state index contributed by atoms with van der Waals surface area (Å²) in [5.41, 5.74) is 8.73. The van der Waals surface area contributed by atoms with Crippen LogP contribution in [-0.2, 0) is 16.1 Å². The van der Waals surface area contributed by atoms with Gasteiger partial charge in [0.15, 0.2) is 0 Å². The summed E-state index contributed by atoms with van der Waals surface area (Å²) in [7, 11) is 0. The van der Waals surface area contributed by atoms with E-state index in [4.69, 9.17) is 10.5 Å². The number of cyclic esters (lactones) is 1. The average molecular weight is 474 g/mol. The zero-order valence-electron chi connectivity index (χ0n) is 18.0. The van der Waals surface area contributed by atoms with Gasteiger partial charge in [-0.1, -0.05) is 24.3 Å². The van der Waals surface area contributed by atoms with Crippen molar-refractivity contribution >= 4 is 30.1 Å². The van der Waals surface area contributed by atoms with Gasteiger partial charge in [0, 0.05) is 37.5 Å². The van der Waals surface area contributed by atoms with Crippen molar-refractivity contribution in [1.82, 2.24) is 14.9 Å². The molecule has 2 aromatic carbocycles. The van der Waals surface area contributed by atoms with Gasteiger partial charge in [0.2, 0.25) is 5.91 Å². The lowest BCUT2D eigenvalue weighted by Gasteiger charge is -2.15. The van der Waals surface area contributed by atoms with Gasteiger partial charge in [-0.3, -0.25) is 9.69 Å². The molecule has 10 heteroatoms. The number of ether oxygens (including phenoxy) is 1. The maximum atomic E-state index is 14.9. The Morgan fingerprint density at radius 1 is 1.30 bits per heavy atom. The van der Waals surface area contributed by atoms with Crippen molar-refractivity contribution in [3.8, 4) is 11.1 Å². The van der Waals surface area contributed by atoms with E-state index in [1.807, 2.05) is 35.0 Å². The van der Waals surface area contributed by atoms with Crippen molar-refractivity contribution in [2.45, 2.75) is 25.6 Å². The number of nitrogens with one attached hydrogen (secondary N) is 1. The van der Waals surface area contributed by atoms with Crippen LogP contribution in [0.1, 0.15) is 18.5 Å². The molecule has 2 heterocycles. The smallest absolute Gasteiger partial charge is 0.414 e. The topological polar surface area (TPSA) is 102 Å². The molecule has 0 radical (unpaired) electrons. The molecular formula is C23H25ClFN5O3. The Bertz CT molecular complexity index is 1110. The summed E-state index contributed by atoms with van der Waals surface area (Å²) in [6.07, 6.45) is 4.22. The molecule has 1 aromatic heterocycles. The van der Waals surface area contributed by atoms with E-state index in [2.05, 4.69) is 10.3 Å². The third kappa shape index (κ3) is 5.68. The summed E-state index contributed by atoms with van der Waals surface area (Å²) < 4.78 is 22.1. The number of rotatable bonds is 7. The van der Waals surface area contributed by atoms with Gasteiger partial charge in [-0.05, 0) is 29.3 Å². The van der Waals surface area contributed by atoms with E-state index in [9.17, 15) is 14.0 Å². The predicted molar refractivity (Wildman–Crippen MR) is 125 cm³/mol. The number of aromatic nitrogens is 2. The minimum Gasteiger partial charge on any atom is -0.442 e. The van der Waals surface area contributed by atoms with Crippen LogP contribution in [0.5, 0.6) is 0 Å². The first-order valence-electron chi connectivity index (χ1n) is 10.2. The second-order valence-corrected chi connectivity index (χ2v) is 7.71. The number of amides is 2. The Kier molecular flexibility index (Phi) is 7.67. The third-order valence-electron chi connectivity index (χ3n) is 5.33. The molecule has 1 saturated heterocycles. The molecule has 3 aromatic rings. The Hall–Kier alpha value is -3.43. The zero-order chi connectivity index (χ0) is 22.7. The third-order valence-corrected chi connectivity index (χ3v) is 5.33. The standard InChI is InChI=1S/C23H24FN5O3.ClH/c1-15(30)27-11-19-12-29(23(31)32-19)18-6-7-20(21(24)10-18)16-2-4-17(5-3-16)22(25)13-28-9-8-26-14-28;/h2-10,14,19,22H,11-13,25H2,1H3,(H,27,30);1H. The number of nitrogens with zero attached hydrogens (tertiary/aromatic N) is 3. The summed E-state index contributed by atoms with van der Waals surface area (Å²) >= 11 is 0. The van der Waals surface area contributed by atoms with Crippen LogP contribution in [0.3, 0.4) is 0 Å². The van der Waals surface area contributed by atoms with Gasteiger partial charge in [-0.2, -0.15) is 0 Å². The van der Waals surface area contributed by atoms with Crippen LogP contribution >= 0.6 is 12.4 Å². The quantitative estimate of drug-likeness (QED) is 0.548. The highest BCUT2D eigenvalue weighted by Crippen LogP contribution is 2.30. The Morgan fingerprint density at radius 2 is 2.06 bits per heavy atom. The van der Waals surface area contributed by atoms with Gasteiger partial charge in [0.05, 0.1) is 25.1 Å². The number of anilines is 1. The first-order valence-corrected chi connectivity index (χ1v) is 10.2. The number of hydrogen-bond acceptors (Lipinski definition) is 5. The van der Waals surface area contributed by atoms with Crippen molar-refractivity contribution in [2.75, 3.05) is 18.0 Å². The molecule has 33 heavy (non-hydrogen) atoms. The van der Waals surface area contributed by atoms with E-state index in [1.165, 1.54) is 17.9 Å². The molecule has 2 amide bonds. The number of carbonyl (C=O) groups excluding carboxylic acids is 2. The molecule has 0 spiro atoms. The molecule has 0 saturated carbocycles. The van der Waals surface area contributed by atoms with Crippen LogP contribution in [0.15, 0.2) is 61.2 Å². The Morgan fingerprint density at radius 3 is 2.70 bits per heavy atom. The predicted octanol–water partition coefficient (Wildman–Crippen LogP) is 3.27. The number of nitrogens with two attached hydrogens (primary N) is 1. The van der Waals surface area contributed by atoms with E-state index in [0.29, 0.717) is 23.4 Å². The highest BCUT2D eigenvalue weighted by Gasteiger charge is 2.32. The first-order chi connectivity index (χ1) is 15.4. The van der Waals surface area contributed by atoms with Crippen molar-refractivity contribution in [2.24, 2.45) is 5.73 Å². The lowest BCUT2D eigenvalue weighted by Crippen LogP contribution is -2.33.